The van der Waals surface area contributed by atoms with Gasteiger partial charge in [0.05, 0.1) is 11.2 Å². The number of hydrogen-bond acceptors (Lipinski definition) is 2. The molecule has 3 nitrogen and oxygen atoms in total. The Morgan fingerprint density at radius 2 is 1.72 bits per heavy atom. The summed E-state index contributed by atoms with van der Waals surface area (Å²) in [7, 11) is 0. The second-order valence-electron chi connectivity index (χ2n) is 3.71. The molecule has 6 heteroatoms. The van der Waals surface area contributed by atoms with Crippen LogP contribution in [0.5, 0.6) is 0 Å². The monoisotopic (exact) mass is 309 g/mol. The molecule has 0 radical (unpaired) electrons. The van der Waals surface area contributed by atoms with E-state index in [1.54, 1.807) is 12.1 Å². The molecule has 1 aromatic heterocycles. The summed E-state index contributed by atoms with van der Waals surface area (Å²) in [4.78, 5) is 0. The maximum Gasteiger partial charge on any atom is 0.188 e. The van der Waals surface area contributed by atoms with E-state index in [-0.39, 0.29) is 5.52 Å². The van der Waals surface area contributed by atoms with Crippen molar-refractivity contribution in [2.45, 2.75) is 0 Å². The Hall–Kier alpha value is -1.82. The van der Waals surface area contributed by atoms with Crippen molar-refractivity contribution in [2.24, 2.45) is 0 Å². The Balaban J connectivity index is 2.25. The first-order valence-corrected chi connectivity index (χ1v) is 5.91. The van der Waals surface area contributed by atoms with Gasteiger partial charge in [-0.1, -0.05) is 21.1 Å². The third-order valence-corrected chi connectivity index (χ3v) is 3.11. The molecular weight excluding hydrogens is 304 g/mol. The van der Waals surface area contributed by atoms with Crippen molar-refractivity contribution < 1.29 is 8.78 Å². The molecule has 0 atom stereocenters. The van der Waals surface area contributed by atoms with Crippen molar-refractivity contribution in [1.82, 2.24) is 15.0 Å². The SMILES string of the molecule is Fc1ccc2c(nnn2-c2ccc(Br)cc2)c1F. The summed E-state index contributed by atoms with van der Waals surface area (Å²) in [6, 6.07) is 9.80. The lowest BCUT2D eigenvalue weighted by molar-refractivity contribution is 0.515. The van der Waals surface area contributed by atoms with Crippen LogP contribution in [-0.4, -0.2) is 15.0 Å². The highest BCUT2D eigenvalue weighted by Gasteiger charge is 2.13. The summed E-state index contributed by atoms with van der Waals surface area (Å²) in [5.74, 6) is -1.90. The Labute approximate surface area is 109 Å². The van der Waals surface area contributed by atoms with Crippen LogP contribution in [0.2, 0.25) is 0 Å². The molecule has 3 rings (SSSR count). The Bertz CT molecular complexity index is 722. The highest BCUT2D eigenvalue weighted by molar-refractivity contribution is 9.10. The Morgan fingerprint density at radius 3 is 2.44 bits per heavy atom. The molecule has 0 N–H and O–H groups in total. The Kier molecular flexibility index (Phi) is 2.59. The van der Waals surface area contributed by atoms with Crippen molar-refractivity contribution in [3.63, 3.8) is 0 Å². The predicted octanol–water partition coefficient (Wildman–Crippen LogP) is 3.46. The number of benzene rings is 2. The van der Waals surface area contributed by atoms with E-state index in [0.717, 1.165) is 16.2 Å². The first-order chi connectivity index (χ1) is 8.66. The summed E-state index contributed by atoms with van der Waals surface area (Å²) in [6.45, 7) is 0. The minimum Gasteiger partial charge on any atom is -0.213 e. The summed E-state index contributed by atoms with van der Waals surface area (Å²) in [6.07, 6.45) is 0. The lowest BCUT2D eigenvalue weighted by Crippen LogP contribution is -1.96. The molecule has 0 spiro atoms. The third kappa shape index (κ3) is 1.69. The van der Waals surface area contributed by atoms with Crippen molar-refractivity contribution in [1.29, 1.82) is 0 Å². The third-order valence-electron chi connectivity index (χ3n) is 2.58. The summed E-state index contributed by atoms with van der Waals surface area (Å²) in [5, 5.41) is 7.51. The fraction of sp³-hybridized carbons (Fsp3) is 0. The number of halogens is 3. The van der Waals surface area contributed by atoms with Gasteiger partial charge in [0.15, 0.2) is 17.2 Å². The van der Waals surface area contributed by atoms with Crippen LogP contribution in [0, 0.1) is 11.6 Å². The molecule has 2 aromatic carbocycles. The van der Waals surface area contributed by atoms with Crippen LogP contribution >= 0.6 is 15.9 Å². The highest BCUT2D eigenvalue weighted by Crippen LogP contribution is 2.21. The van der Waals surface area contributed by atoms with Gasteiger partial charge >= 0.3 is 0 Å². The van der Waals surface area contributed by atoms with Crippen molar-refractivity contribution in [3.05, 3.63) is 52.5 Å². The molecule has 18 heavy (non-hydrogen) atoms. The second-order valence-corrected chi connectivity index (χ2v) is 4.62. The van der Waals surface area contributed by atoms with Gasteiger partial charge in [0.25, 0.3) is 0 Å². The number of rotatable bonds is 1. The van der Waals surface area contributed by atoms with Gasteiger partial charge in [-0.15, -0.1) is 5.10 Å². The zero-order valence-corrected chi connectivity index (χ0v) is 10.5. The van der Waals surface area contributed by atoms with Crippen molar-refractivity contribution in [3.8, 4) is 5.69 Å². The van der Waals surface area contributed by atoms with E-state index in [1.807, 2.05) is 12.1 Å². The van der Waals surface area contributed by atoms with Crippen LogP contribution in [0.1, 0.15) is 0 Å². The number of nitrogens with zero attached hydrogens (tertiary/aromatic N) is 3. The van der Waals surface area contributed by atoms with Crippen LogP contribution in [-0.2, 0) is 0 Å². The molecule has 0 bridgehead atoms. The number of fused-ring (bicyclic) bond motifs is 1. The highest BCUT2D eigenvalue weighted by atomic mass is 79.9. The fourth-order valence-corrected chi connectivity index (χ4v) is 1.97. The fourth-order valence-electron chi connectivity index (χ4n) is 1.71. The molecule has 3 aromatic rings. The minimum atomic E-state index is -0.976. The van der Waals surface area contributed by atoms with E-state index in [9.17, 15) is 8.78 Å². The largest absolute Gasteiger partial charge is 0.213 e. The average molecular weight is 310 g/mol. The average Bonchev–Trinajstić information content (AvgIpc) is 2.79. The topological polar surface area (TPSA) is 30.7 Å². The zero-order chi connectivity index (χ0) is 12.7. The van der Waals surface area contributed by atoms with E-state index in [2.05, 4.69) is 26.2 Å². The summed E-state index contributed by atoms with van der Waals surface area (Å²) >= 11 is 3.32. The van der Waals surface area contributed by atoms with Gasteiger partial charge in [0.2, 0.25) is 0 Å². The standard InChI is InChI=1S/C12H6BrF2N3/c13-7-1-3-8(4-2-7)18-10-6-5-9(14)11(15)12(10)16-17-18/h1-6H. The molecule has 0 fully saturated rings. The van der Waals surface area contributed by atoms with Crippen LogP contribution in [0.15, 0.2) is 40.9 Å². The first-order valence-electron chi connectivity index (χ1n) is 5.12. The van der Waals surface area contributed by atoms with E-state index >= 15 is 0 Å². The van der Waals surface area contributed by atoms with E-state index in [4.69, 9.17) is 0 Å². The molecule has 0 unspecified atom stereocenters. The molecule has 0 aliphatic heterocycles. The van der Waals surface area contributed by atoms with Gasteiger partial charge in [-0.2, -0.15) is 0 Å². The smallest absolute Gasteiger partial charge is 0.188 e. The van der Waals surface area contributed by atoms with Crippen LogP contribution in [0.4, 0.5) is 8.78 Å². The maximum atomic E-state index is 13.5. The number of hydrogen-bond donors (Lipinski definition) is 0. The predicted molar refractivity (Wildman–Crippen MR) is 66.5 cm³/mol. The molecule has 0 saturated carbocycles. The first kappa shape index (κ1) is 11.3. The van der Waals surface area contributed by atoms with Gasteiger partial charge in [-0.3, -0.25) is 0 Å². The molecule has 0 aliphatic rings. The van der Waals surface area contributed by atoms with E-state index in [1.165, 1.54) is 10.7 Å². The lowest BCUT2D eigenvalue weighted by Gasteiger charge is -2.02. The zero-order valence-electron chi connectivity index (χ0n) is 8.94. The van der Waals surface area contributed by atoms with Gasteiger partial charge in [-0.05, 0) is 36.4 Å². The van der Waals surface area contributed by atoms with Gasteiger partial charge in [0, 0.05) is 4.47 Å². The van der Waals surface area contributed by atoms with Gasteiger partial charge in [0.1, 0.15) is 0 Å². The minimum absolute atomic E-state index is 0.0714. The molecule has 1 heterocycles. The van der Waals surface area contributed by atoms with E-state index in [0.29, 0.717) is 5.52 Å². The lowest BCUT2D eigenvalue weighted by atomic mass is 10.2. The maximum absolute atomic E-state index is 13.5. The molecule has 0 amide bonds. The summed E-state index contributed by atoms with van der Waals surface area (Å²) < 4.78 is 28.9. The second kappa shape index (κ2) is 4.13. The quantitative estimate of drug-likeness (QED) is 0.689. The normalized spacial score (nSPS) is 11.1. The van der Waals surface area contributed by atoms with Crippen LogP contribution in [0.3, 0.4) is 0 Å². The van der Waals surface area contributed by atoms with Gasteiger partial charge in [-0.25, -0.2) is 13.5 Å². The van der Waals surface area contributed by atoms with E-state index < -0.39 is 11.6 Å². The van der Waals surface area contributed by atoms with Crippen molar-refractivity contribution >= 4 is 27.0 Å². The molecule has 0 saturated heterocycles. The number of aromatic nitrogens is 3. The summed E-state index contributed by atoms with van der Waals surface area (Å²) in [5.41, 5.74) is 1.08. The van der Waals surface area contributed by atoms with Crippen LogP contribution in [0.25, 0.3) is 16.7 Å². The van der Waals surface area contributed by atoms with Crippen LogP contribution < -0.4 is 0 Å². The molecule has 0 aliphatic carbocycles. The van der Waals surface area contributed by atoms with Crippen molar-refractivity contribution in [2.75, 3.05) is 0 Å². The molecular formula is C12H6BrF2N3. The van der Waals surface area contributed by atoms with Gasteiger partial charge < -0.3 is 0 Å². The molecule has 90 valence electrons. The Morgan fingerprint density at radius 1 is 1.00 bits per heavy atom.